The van der Waals surface area contributed by atoms with Gasteiger partial charge in [0.15, 0.2) is 0 Å². The summed E-state index contributed by atoms with van der Waals surface area (Å²) in [5.74, 6) is 0.145. The van der Waals surface area contributed by atoms with Crippen LogP contribution in [0.1, 0.15) is 38.3 Å². The first kappa shape index (κ1) is 21.1. The highest BCUT2D eigenvalue weighted by molar-refractivity contribution is 6.76. The van der Waals surface area contributed by atoms with Crippen LogP contribution in [0, 0.1) is 5.41 Å². The summed E-state index contributed by atoms with van der Waals surface area (Å²) in [6, 6.07) is 4.53. The van der Waals surface area contributed by atoms with Crippen LogP contribution in [-0.4, -0.2) is 38.7 Å². The number of pyridine rings is 1. The van der Waals surface area contributed by atoms with E-state index in [2.05, 4.69) is 45.4 Å². The van der Waals surface area contributed by atoms with Crippen molar-refractivity contribution in [3.05, 3.63) is 23.5 Å². The number of aromatic hydroxyl groups is 1. The Morgan fingerprint density at radius 3 is 2.38 bits per heavy atom. The highest BCUT2D eigenvalue weighted by atomic mass is 28.3. The first-order valence-corrected chi connectivity index (χ1v) is 12.1. The van der Waals surface area contributed by atoms with Gasteiger partial charge >= 0.3 is 0 Å². The lowest BCUT2D eigenvalue weighted by molar-refractivity contribution is -0.0585. The second-order valence-electron chi connectivity index (χ2n) is 8.37. The summed E-state index contributed by atoms with van der Waals surface area (Å²) in [5.41, 5.74) is 1.13. The molecule has 1 rings (SSSR count). The Balaban J connectivity index is 2.57. The van der Waals surface area contributed by atoms with E-state index in [9.17, 15) is 5.11 Å². The molecule has 0 radical (unpaired) electrons. The molecular weight excluding hydrogens is 322 g/mol. The number of ether oxygens (including phenoxy) is 3. The molecule has 1 N–H and O–H groups in total. The van der Waals surface area contributed by atoms with E-state index >= 15 is 0 Å². The van der Waals surface area contributed by atoms with Crippen LogP contribution in [0.25, 0.3) is 0 Å². The molecule has 1 aromatic rings. The molecule has 1 unspecified atom stereocenters. The minimum atomic E-state index is -1.06. The predicted octanol–water partition coefficient (Wildman–Crippen LogP) is 4.35. The van der Waals surface area contributed by atoms with Gasteiger partial charge in [-0.3, -0.25) is 0 Å². The van der Waals surface area contributed by atoms with Crippen molar-refractivity contribution in [2.45, 2.75) is 59.2 Å². The lowest BCUT2D eigenvalue weighted by Crippen LogP contribution is -2.22. The van der Waals surface area contributed by atoms with E-state index in [1.807, 2.05) is 0 Å². The maximum absolute atomic E-state index is 10.1. The van der Waals surface area contributed by atoms with Gasteiger partial charge in [-0.05, 0) is 23.6 Å². The lowest BCUT2D eigenvalue weighted by atomic mass is 9.86. The summed E-state index contributed by atoms with van der Waals surface area (Å²) < 4.78 is 16.6. The second kappa shape index (κ2) is 8.94. The fraction of sp³-hybridized carbons (Fsp3) is 0.722. The molecule has 1 atom stereocenters. The second-order valence-corrected chi connectivity index (χ2v) is 14.0. The SMILES string of the molecule is COC(c1nc(COCOCC[Si](C)(C)C)ccc1O)C(C)(C)C. The molecule has 1 heterocycles. The average molecular weight is 356 g/mol. The van der Waals surface area contributed by atoms with Gasteiger partial charge in [-0.1, -0.05) is 40.4 Å². The van der Waals surface area contributed by atoms with Crippen LogP contribution in [0.5, 0.6) is 5.75 Å². The van der Waals surface area contributed by atoms with Crippen molar-refractivity contribution in [2.24, 2.45) is 5.41 Å². The monoisotopic (exact) mass is 355 g/mol. The van der Waals surface area contributed by atoms with Crippen LogP contribution in [0.4, 0.5) is 0 Å². The van der Waals surface area contributed by atoms with Crippen molar-refractivity contribution in [2.75, 3.05) is 20.5 Å². The molecule has 0 aliphatic rings. The predicted molar refractivity (Wildman–Crippen MR) is 98.9 cm³/mol. The summed E-state index contributed by atoms with van der Waals surface area (Å²) in [6.07, 6.45) is -0.287. The normalized spacial score (nSPS) is 14.0. The first-order chi connectivity index (χ1) is 11.0. The van der Waals surface area contributed by atoms with Crippen LogP contribution >= 0.6 is 0 Å². The van der Waals surface area contributed by atoms with E-state index < -0.39 is 8.07 Å². The Labute approximate surface area is 147 Å². The molecule has 6 heteroatoms. The summed E-state index contributed by atoms with van der Waals surface area (Å²) in [4.78, 5) is 4.52. The van der Waals surface area contributed by atoms with Crippen molar-refractivity contribution in [3.8, 4) is 5.75 Å². The van der Waals surface area contributed by atoms with E-state index in [-0.39, 0.29) is 24.1 Å². The molecule has 0 aliphatic carbocycles. The average Bonchev–Trinajstić information content (AvgIpc) is 2.43. The Morgan fingerprint density at radius 2 is 1.83 bits per heavy atom. The van der Waals surface area contributed by atoms with Crippen LogP contribution < -0.4 is 0 Å². The van der Waals surface area contributed by atoms with Crippen LogP contribution in [0.3, 0.4) is 0 Å². The van der Waals surface area contributed by atoms with E-state index in [4.69, 9.17) is 14.2 Å². The van der Waals surface area contributed by atoms with Crippen LogP contribution in [-0.2, 0) is 20.8 Å². The summed E-state index contributed by atoms with van der Waals surface area (Å²) in [6.45, 7) is 14.5. The third kappa shape index (κ3) is 7.30. The highest BCUT2D eigenvalue weighted by Crippen LogP contribution is 2.38. The number of nitrogens with zero attached hydrogens (tertiary/aromatic N) is 1. The third-order valence-electron chi connectivity index (χ3n) is 3.64. The van der Waals surface area contributed by atoms with Crippen LogP contribution in [0.2, 0.25) is 25.7 Å². The molecule has 0 fully saturated rings. The van der Waals surface area contributed by atoms with Crippen molar-refractivity contribution >= 4 is 8.07 Å². The zero-order valence-corrected chi connectivity index (χ0v) is 17.2. The third-order valence-corrected chi connectivity index (χ3v) is 5.35. The highest BCUT2D eigenvalue weighted by Gasteiger charge is 2.29. The molecule has 24 heavy (non-hydrogen) atoms. The minimum absolute atomic E-state index is 0.145. The standard InChI is InChI=1S/C18H33NO4Si/c1-18(2,3)17(21-4)16-15(20)9-8-14(19-16)12-23-13-22-10-11-24(5,6)7/h8-9,17,20H,10-13H2,1-7H3. The van der Waals surface area contributed by atoms with Gasteiger partial charge in [0.2, 0.25) is 0 Å². The molecule has 138 valence electrons. The molecule has 0 saturated heterocycles. The first-order valence-electron chi connectivity index (χ1n) is 8.41. The quantitative estimate of drug-likeness (QED) is 0.405. The van der Waals surface area contributed by atoms with Gasteiger partial charge in [0.25, 0.3) is 0 Å². The minimum Gasteiger partial charge on any atom is -0.506 e. The fourth-order valence-electron chi connectivity index (χ4n) is 2.30. The van der Waals surface area contributed by atoms with Gasteiger partial charge in [0.05, 0.1) is 12.3 Å². The van der Waals surface area contributed by atoms with Crippen molar-refractivity contribution < 1.29 is 19.3 Å². The van der Waals surface area contributed by atoms with Crippen molar-refractivity contribution in [1.29, 1.82) is 0 Å². The molecule has 0 bridgehead atoms. The molecule has 0 aliphatic heterocycles. The van der Waals surface area contributed by atoms with Gasteiger partial charge in [-0.25, -0.2) is 4.98 Å². The maximum atomic E-state index is 10.1. The van der Waals surface area contributed by atoms with Gasteiger partial charge in [0, 0.05) is 21.8 Å². The molecule has 0 saturated carbocycles. The number of rotatable bonds is 9. The molecule has 0 spiro atoms. The number of methoxy groups -OCH3 is 1. The fourth-order valence-corrected chi connectivity index (χ4v) is 3.06. The van der Waals surface area contributed by atoms with Gasteiger partial charge in [-0.15, -0.1) is 0 Å². The number of hydrogen-bond acceptors (Lipinski definition) is 5. The Morgan fingerprint density at radius 1 is 1.17 bits per heavy atom. The zero-order valence-electron chi connectivity index (χ0n) is 16.2. The molecule has 5 nitrogen and oxygen atoms in total. The van der Waals surface area contributed by atoms with Crippen molar-refractivity contribution in [3.63, 3.8) is 0 Å². The lowest BCUT2D eigenvalue weighted by Gasteiger charge is -2.29. The van der Waals surface area contributed by atoms with Crippen molar-refractivity contribution in [1.82, 2.24) is 4.98 Å². The van der Waals surface area contributed by atoms with E-state index in [0.717, 1.165) is 18.3 Å². The summed E-state index contributed by atoms with van der Waals surface area (Å²) in [5, 5.41) is 10.1. The molecule has 0 aromatic carbocycles. The summed E-state index contributed by atoms with van der Waals surface area (Å²) in [7, 11) is 0.567. The van der Waals surface area contributed by atoms with Crippen LogP contribution in [0.15, 0.2) is 12.1 Å². The Bertz CT molecular complexity index is 509. The maximum Gasteiger partial charge on any atom is 0.147 e. The van der Waals surface area contributed by atoms with E-state index in [1.54, 1.807) is 19.2 Å². The molecule has 1 aromatic heterocycles. The zero-order chi connectivity index (χ0) is 18.4. The summed E-state index contributed by atoms with van der Waals surface area (Å²) >= 11 is 0. The largest absolute Gasteiger partial charge is 0.506 e. The number of hydrogen-bond donors (Lipinski definition) is 1. The van der Waals surface area contributed by atoms with E-state index in [1.165, 1.54) is 0 Å². The van der Waals surface area contributed by atoms with E-state index in [0.29, 0.717) is 12.3 Å². The Hall–Kier alpha value is -0.953. The van der Waals surface area contributed by atoms with Gasteiger partial charge in [0.1, 0.15) is 24.3 Å². The van der Waals surface area contributed by atoms with Gasteiger partial charge < -0.3 is 19.3 Å². The molecule has 0 amide bonds. The molecular formula is C18H33NO4Si. The topological polar surface area (TPSA) is 60.8 Å². The Kier molecular flexibility index (Phi) is 7.86. The number of aromatic nitrogens is 1. The van der Waals surface area contributed by atoms with Gasteiger partial charge in [-0.2, -0.15) is 0 Å². The smallest absolute Gasteiger partial charge is 0.147 e.